The minimum atomic E-state index is -0.102. The first-order valence-electron chi connectivity index (χ1n) is 11.2. The quantitative estimate of drug-likeness (QED) is 0.619. The maximum absolute atomic E-state index is 13.4. The zero-order valence-electron chi connectivity index (χ0n) is 19.0. The molecule has 2 aliphatic heterocycles. The standard InChI is InChI=1S/C24H28N8O/c1-3-16-13-27-24(25)29-22(16)32-15-17-5-4-6-19(21(17)23(32)33)28-20-8-7-18(14-26-20)31-11-9-30(2)10-12-31/h4-8,13-14H,3,9-12,15H2,1-2H3,(H,26,28)(H2,25,27,29). The highest BCUT2D eigenvalue weighted by Crippen LogP contribution is 2.34. The number of fused-ring (bicyclic) bond motifs is 1. The van der Waals surface area contributed by atoms with E-state index in [2.05, 4.69) is 43.2 Å². The number of hydrogen-bond donors (Lipinski definition) is 2. The van der Waals surface area contributed by atoms with E-state index < -0.39 is 0 Å². The molecule has 9 nitrogen and oxygen atoms in total. The first-order valence-corrected chi connectivity index (χ1v) is 11.2. The van der Waals surface area contributed by atoms with Crippen LogP contribution in [0.3, 0.4) is 0 Å². The van der Waals surface area contributed by atoms with E-state index in [-0.39, 0.29) is 11.9 Å². The molecule has 1 aromatic carbocycles. The highest BCUT2D eigenvalue weighted by atomic mass is 16.2. The third-order valence-corrected chi connectivity index (χ3v) is 6.31. The molecule has 2 aliphatic rings. The Hall–Kier alpha value is -3.72. The van der Waals surface area contributed by atoms with Crippen molar-refractivity contribution in [2.45, 2.75) is 19.9 Å². The van der Waals surface area contributed by atoms with Crippen molar-refractivity contribution in [3.05, 3.63) is 59.4 Å². The van der Waals surface area contributed by atoms with Crippen LogP contribution in [0.2, 0.25) is 0 Å². The molecule has 170 valence electrons. The summed E-state index contributed by atoms with van der Waals surface area (Å²) in [7, 11) is 2.14. The highest BCUT2D eigenvalue weighted by molar-refractivity contribution is 6.13. The van der Waals surface area contributed by atoms with Crippen LogP contribution in [0.5, 0.6) is 0 Å². The zero-order chi connectivity index (χ0) is 22.9. The lowest BCUT2D eigenvalue weighted by Crippen LogP contribution is -2.44. The van der Waals surface area contributed by atoms with Gasteiger partial charge in [0.1, 0.15) is 11.6 Å². The summed E-state index contributed by atoms with van der Waals surface area (Å²) >= 11 is 0. The van der Waals surface area contributed by atoms with Gasteiger partial charge in [-0.15, -0.1) is 0 Å². The predicted octanol–water partition coefficient (Wildman–Crippen LogP) is 2.67. The number of aromatic nitrogens is 3. The number of likely N-dealkylation sites (N-methyl/N-ethyl adjacent to an activating group) is 1. The van der Waals surface area contributed by atoms with Crippen LogP contribution < -0.4 is 20.9 Å². The van der Waals surface area contributed by atoms with Crippen LogP contribution in [0.25, 0.3) is 0 Å². The lowest BCUT2D eigenvalue weighted by Gasteiger charge is -2.33. The molecule has 0 atom stereocenters. The molecule has 0 bridgehead atoms. The number of rotatable bonds is 5. The number of nitrogens with one attached hydrogen (secondary N) is 1. The number of carbonyl (C=O) groups is 1. The number of piperazine rings is 1. The number of hydrogen-bond acceptors (Lipinski definition) is 8. The molecule has 3 N–H and O–H groups in total. The molecule has 0 spiro atoms. The Morgan fingerprint density at radius 2 is 1.88 bits per heavy atom. The third-order valence-electron chi connectivity index (χ3n) is 6.31. The summed E-state index contributed by atoms with van der Waals surface area (Å²) < 4.78 is 0. The molecule has 0 saturated carbocycles. The molecule has 9 heteroatoms. The summed E-state index contributed by atoms with van der Waals surface area (Å²) in [4.78, 5) is 32.8. The molecule has 0 radical (unpaired) electrons. The van der Waals surface area contributed by atoms with Gasteiger partial charge in [0, 0.05) is 37.9 Å². The van der Waals surface area contributed by atoms with E-state index in [0.717, 1.165) is 48.7 Å². The van der Waals surface area contributed by atoms with Crippen LogP contribution in [-0.4, -0.2) is 59.0 Å². The molecule has 3 aromatic rings. The monoisotopic (exact) mass is 444 g/mol. The van der Waals surface area contributed by atoms with Crippen molar-refractivity contribution in [3.63, 3.8) is 0 Å². The van der Waals surface area contributed by atoms with Crippen molar-refractivity contribution < 1.29 is 4.79 Å². The van der Waals surface area contributed by atoms with Crippen molar-refractivity contribution in [2.24, 2.45) is 0 Å². The first-order chi connectivity index (χ1) is 16.0. The molecule has 2 aromatic heterocycles. The van der Waals surface area contributed by atoms with Crippen molar-refractivity contribution >= 4 is 34.9 Å². The minimum Gasteiger partial charge on any atom is -0.368 e. The van der Waals surface area contributed by atoms with Crippen molar-refractivity contribution in [1.29, 1.82) is 0 Å². The van der Waals surface area contributed by atoms with Gasteiger partial charge in [0.05, 0.1) is 29.7 Å². The van der Waals surface area contributed by atoms with Gasteiger partial charge in [-0.25, -0.2) is 9.97 Å². The smallest absolute Gasteiger partial charge is 0.262 e. The molecular weight excluding hydrogens is 416 g/mol. The molecule has 5 rings (SSSR count). The van der Waals surface area contributed by atoms with E-state index in [1.54, 1.807) is 11.1 Å². The van der Waals surface area contributed by atoms with E-state index in [0.29, 0.717) is 30.2 Å². The van der Waals surface area contributed by atoms with Gasteiger partial charge in [-0.1, -0.05) is 19.1 Å². The summed E-state index contributed by atoms with van der Waals surface area (Å²) in [5.74, 6) is 1.34. The number of benzene rings is 1. The number of nitrogens with two attached hydrogens (primary N) is 1. The maximum Gasteiger partial charge on any atom is 0.262 e. The fraction of sp³-hybridized carbons (Fsp3) is 0.333. The molecule has 33 heavy (non-hydrogen) atoms. The van der Waals surface area contributed by atoms with E-state index in [1.807, 2.05) is 37.4 Å². The average molecular weight is 445 g/mol. The number of pyridine rings is 1. The molecule has 0 aliphatic carbocycles. The Morgan fingerprint density at radius 1 is 1.06 bits per heavy atom. The predicted molar refractivity (Wildman–Crippen MR) is 130 cm³/mol. The summed E-state index contributed by atoms with van der Waals surface area (Å²) in [6, 6.07) is 9.87. The fourth-order valence-electron chi connectivity index (χ4n) is 4.38. The van der Waals surface area contributed by atoms with Gasteiger partial charge >= 0.3 is 0 Å². The molecule has 1 fully saturated rings. The van der Waals surface area contributed by atoms with Gasteiger partial charge in [-0.05, 0) is 37.2 Å². The van der Waals surface area contributed by atoms with E-state index in [1.165, 1.54) is 0 Å². The number of anilines is 5. The van der Waals surface area contributed by atoms with Gasteiger partial charge in [0.2, 0.25) is 5.95 Å². The second kappa shape index (κ2) is 8.67. The second-order valence-corrected chi connectivity index (χ2v) is 8.48. The van der Waals surface area contributed by atoms with Crippen molar-refractivity contribution in [2.75, 3.05) is 54.1 Å². The lowest BCUT2D eigenvalue weighted by atomic mass is 10.1. The maximum atomic E-state index is 13.4. The van der Waals surface area contributed by atoms with Gasteiger partial charge in [-0.3, -0.25) is 9.69 Å². The summed E-state index contributed by atoms with van der Waals surface area (Å²) in [6.07, 6.45) is 4.30. The van der Waals surface area contributed by atoms with Gasteiger partial charge in [0.15, 0.2) is 0 Å². The summed E-state index contributed by atoms with van der Waals surface area (Å²) in [6.45, 7) is 6.54. The average Bonchev–Trinajstić information content (AvgIpc) is 3.17. The Bertz CT molecular complexity index is 1170. The number of carbonyl (C=O) groups excluding carboxylic acids is 1. The zero-order valence-corrected chi connectivity index (χ0v) is 19.0. The topological polar surface area (TPSA) is 104 Å². The second-order valence-electron chi connectivity index (χ2n) is 8.48. The Morgan fingerprint density at radius 3 is 2.61 bits per heavy atom. The fourth-order valence-corrected chi connectivity index (χ4v) is 4.38. The van der Waals surface area contributed by atoms with Crippen LogP contribution in [0.4, 0.5) is 29.0 Å². The number of nitrogens with zero attached hydrogens (tertiary/aromatic N) is 6. The van der Waals surface area contributed by atoms with Gasteiger partial charge < -0.3 is 20.9 Å². The Balaban J connectivity index is 1.37. The van der Waals surface area contributed by atoms with Gasteiger partial charge in [0.25, 0.3) is 5.91 Å². The highest BCUT2D eigenvalue weighted by Gasteiger charge is 2.33. The molecule has 4 heterocycles. The summed E-state index contributed by atoms with van der Waals surface area (Å²) in [5, 5.41) is 3.34. The largest absolute Gasteiger partial charge is 0.368 e. The van der Waals surface area contributed by atoms with Crippen LogP contribution in [0, 0.1) is 0 Å². The number of nitrogen functional groups attached to an aromatic ring is 1. The molecular formula is C24H28N8O. The van der Waals surface area contributed by atoms with E-state index >= 15 is 0 Å². The molecule has 0 unspecified atom stereocenters. The first kappa shape index (κ1) is 21.1. The van der Waals surface area contributed by atoms with Crippen LogP contribution in [0.15, 0.2) is 42.7 Å². The molecule has 1 saturated heterocycles. The SMILES string of the molecule is CCc1cnc(N)nc1N1Cc2cccc(Nc3ccc(N4CCN(C)CC4)cn3)c2C1=O. The van der Waals surface area contributed by atoms with Crippen LogP contribution in [-0.2, 0) is 13.0 Å². The van der Waals surface area contributed by atoms with Crippen LogP contribution >= 0.6 is 0 Å². The van der Waals surface area contributed by atoms with Crippen molar-refractivity contribution in [1.82, 2.24) is 19.9 Å². The number of aryl methyl sites for hydroxylation is 1. The van der Waals surface area contributed by atoms with E-state index in [9.17, 15) is 4.79 Å². The third kappa shape index (κ3) is 4.07. The van der Waals surface area contributed by atoms with Gasteiger partial charge in [-0.2, -0.15) is 4.98 Å². The van der Waals surface area contributed by atoms with E-state index in [4.69, 9.17) is 5.73 Å². The van der Waals surface area contributed by atoms with Crippen LogP contribution in [0.1, 0.15) is 28.4 Å². The lowest BCUT2D eigenvalue weighted by molar-refractivity contribution is 0.0996. The minimum absolute atomic E-state index is 0.102. The Labute approximate surface area is 193 Å². The van der Waals surface area contributed by atoms with Crippen molar-refractivity contribution in [3.8, 4) is 0 Å². The number of amides is 1. The Kier molecular flexibility index (Phi) is 5.55. The summed E-state index contributed by atoms with van der Waals surface area (Å²) in [5.41, 5.74) is 10.1. The normalized spacial score (nSPS) is 16.2. The molecule has 1 amide bonds.